The minimum absolute atomic E-state index is 0. The van der Waals surface area contributed by atoms with Crippen LogP contribution in [0.1, 0.15) is 0 Å². The van der Waals surface area contributed by atoms with Crippen LogP contribution in [0.3, 0.4) is 0 Å². The number of hydrogen-bond donors (Lipinski definition) is 0. The molecule has 0 rings (SSSR count). The Bertz CT molecular complexity index is 90.0. The smallest absolute Gasteiger partial charge is 0.0467 e. The zero-order valence-electron chi connectivity index (χ0n) is 4.58. The molecule has 0 heterocycles. The zero-order chi connectivity index (χ0) is 5.91. The van der Waals surface area contributed by atoms with Crippen molar-refractivity contribution in [2.24, 2.45) is 0 Å². The van der Waals surface area contributed by atoms with Crippen molar-refractivity contribution in [3.05, 3.63) is 0 Å². The van der Waals surface area contributed by atoms with Crippen LogP contribution in [0.2, 0.25) is 0 Å². The van der Waals surface area contributed by atoms with Crippen LogP contribution >= 0.6 is 17.1 Å². The fourth-order valence-corrected chi connectivity index (χ4v) is 0.671. The van der Waals surface area contributed by atoms with Gasteiger partial charge in [0.1, 0.15) is 0 Å². The van der Waals surface area contributed by atoms with E-state index in [2.05, 4.69) is 16.3 Å². The first kappa shape index (κ1) is 12.3. The molecule has 0 aromatic rings. The van der Waals surface area contributed by atoms with E-state index >= 15 is 0 Å². The van der Waals surface area contributed by atoms with E-state index in [9.17, 15) is 4.89 Å². The topological polar surface area (TPSA) is 32.3 Å². The average molecular weight is 205 g/mol. The van der Waals surface area contributed by atoms with E-state index in [1.165, 1.54) is 7.11 Å². The van der Waals surface area contributed by atoms with E-state index in [1.807, 2.05) is 0 Å². The van der Waals surface area contributed by atoms with Gasteiger partial charge in [-0.1, -0.05) is 11.8 Å². The van der Waals surface area contributed by atoms with E-state index < -0.39 is 5.69 Å². The van der Waals surface area contributed by atoms with Crippen LogP contribution in [0.25, 0.3) is 0 Å². The predicted octanol–water partition coefficient (Wildman–Crippen LogP) is 0.578. The fraction of sp³-hybridized carbons (Fsp3) is 1.00. The second-order valence-electron chi connectivity index (χ2n) is 0.812. The van der Waals surface area contributed by atoms with E-state index in [1.54, 1.807) is 6.26 Å². The molecule has 0 radical (unpaired) electrons. The molecule has 2 nitrogen and oxygen atoms in total. The van der Waals surface area contributed by atoms with Gasteiger partial charge >= 0.3 is 0 Å². The Kier molecular flexibility index (Phi) is 8.35. The molecule has 0 saturated heterocycles. The summed E-state index contributed by atoms with van der Waals surface area (Å²) in [7, 11) is 1.35. The predicted molar refractivity (Wildman–Crippen MR) is 34.8 cm³/mol. The normalized spacial score (nSPS) is 16.4. The fourth-order valence-electron chi connectivity index (χ4n) is 0.0745. The summed E-state index contributed by atoms with van der Waals surface area (Å²) in [4.78, 5) is 10.5. The summed E-state index contributed by atoms with van der Waals surface area (Å²) in [6.45, 7) is 0. The van der Waals surface area contributed by atoms with Crippen molar-refractivity contribution < 1.29 is 31.1 Å². The van der Waals surface area contributed by atoms with Gasteiger partial charge in [-0.3, -0.25) is 0 Å². The summed E-state index contributed by atoms with van der Waals surface area (Å²) in [6.07, 6.45) is 1.66. The molecule has 0 aromatic carbocycles. The van der Waals surface area contributed by atoms with Crippen molar-refractivity contribution in [1.82, 2.24) is 0 Å². The molecular formula is C2H6O2PS2Ti-. The molecule has 0 aliphatic carbocycles. The van der Waals surface area contributed by atoms with Crippen LogP contribution in [0.4, 0.5) is 0 Å². The summed E-state index contributed by atoms with van der Waals surface area (Å²) < 4.78 is 4.42. The first-order valence-electron chi connectivity index (χ1n) is 1.55. The van der Waals surface area contributed by atoms with Crippen molar-refractivity contribution in [3.63, 3.8) is 0 Å². The molecule has 8 heavy (non-hydrogen) atoms. The van der Waals surface area contributed by atoms with Crippen molar-refractivity contribution in [3.8, 4) is 0 Å². The van der Waals surface area contributed by atoms with E-state index in [0.717, 1.165) is 11.4 Å². The Labute approximate surface area is 73.2 Å². The molecule has 1 unspecified atom stereocenters. The Morgan fingerprint density at radius 1 is 1.75 bits per heavy atom. The standard InChI is InChI=1S/C2H7O2PS2.Ti/c1-4-5(3,6)7-2;/h1-2H3,(H,3,6);/p-1. The second kappa shape index (κ2) is 5.42. The van der Waals surface area contributed by atoms with E-state index in [4.69, 9.17) is 0 Å². The Hall–Kier alpha value is 1.63. The second-order valence-corrected chi connectivity index (χ2v) is 7.11. The van der Waals surface area contributed by atoms with Crippen LogP contribution < -0.4 is 4.89 Å². The summed E-state index contributed by atoms with van der Waals surface area (Å²) in [5.74, 6) is 0. The quantitative estimate of drug-likeness (QED) is 0.487. The molecule has 0 amide bonds. The van der Waals surface area contributed by atoms with Gasteiger partial charge in [-0.2, -0.15) is 0 Å². The minimum Gasteiger partial charge on any atom is -0.793 e. The number of rotatable bonds is 2. The van der Waals surface area contributed by atoms with Crippen LogP contribution in [0.15, 0.2) is 0 Å². The van der Waals surface area contributed by atoms with Crippen molar-refractivity contribution >= 4 is 28.9 Å². The summed E-state index contributed by atoms with van der Waals surface area (Å²) in [6, 6.07) is 0. The molecule has 0 aliphatic heterocycles. The maximum atomic E-state index is 10.5. The van der Waals surface area contributed by atoms with Gasteiger partial charge in [0.2, 0.25) is 0 Å². The molecule has 0 bridgehead atoms. The molecule has 0 fully saturated rings. The van der Waals surface area contributed by atoms with Gasteiger partial charge in [0.25, 0.3) is 0 Å². The maximum Gasteiger partial charge on any atom is 0.0467 e. The van der Waals surface area contributed by atoms with Crippen molar-refractivity contribution in [1.29, 1.82) is 0 Å². The minimum atomic E-state index is -2.65. The maximum absolute atomic E-state index is 10.5. The van der Waals surface area contributed by atoms with Gasteiger partial charge in [-0.15, -0.1) is 11.4 Å². The first-order chi connectivity index (χ1) is 3.12. The number of hydrogen-bond acceptors (Lipinski definition) is 4. The van der Waals surface area contributed by atoms with Gasteiger partial charge in [-0.05, 0) is 6.26 Å². The van der Waals surface area contributed by atoms with Gasteiger partial charge in [0.15, 0.2) is 0 Å². The van der Waals surface area contributed by atoms with Crippen LogP contribution in [-0.2, 0) is 38.0 Å². The van der Waals surface area contributed by atoms with Crippen molar-refractivity contribution in [2.75, 3.05) is 13.4 Å². The third-order valence-electron chi connectivity index (χ3n) is 0.447. The van der Waals surface area contributed by atoms with E-state index in [-0.39, 0.29) is 21.7 Å². The van der Waals surface area contributed by atoms with Crippen LogP contribution in [0, 0.1) is 0 Å². The Morgan fingerprint density at radius 3 is 2.12 bits per heavy atom. The average Bonchev–Trinajstić information content (AvgIpc) is 1.68. The summed E-state index contributed by atoms with van der Waals surface area (Å²) >= 11 is 5.52. The van der Waals surface area contributed by atoms with Crippen LogP contribution in [0.5, 0.6) is 0 Å². The SMILES string of the molecule is COP([O-])(=S)SC.[Ti]. The molecule has 48 valence electrons. The third-order valence-corrected chi connectivity index (χ3v) is 4.92. The van der Waals surface area contributed by atoms with Gasteiger partial charge in [-0.25, -0.2) is 0 Å². The zero-order valence-corrected chi connectivity index (χ0v) is 8.67. The molecule has 0 saturated carbocycles. The molecule has 6 heteroatoms. The molecule has 1 atom stereocenters. The molecular weight excluding hydrogens is 199 g/mol. The van der Waals surface area contributed by atoms with Gasteiger partial charge in [0.05, 0.1) is 0 Å². The Morgan fingerprint density at radius 2 is 2.12 bits per heavy atom. The van der Waals surface area contributed by atoms with Crippen LogP contribution in [-0.4, -0.2) is 13.4 Å². The molecule has 0 aliphatic rings. The van der Waals surface area contributed by atoms with Gasteiger partial charge in [0, 0.05) is 34.5 Å². The summed E-state index contributed by atoms with van der Waals surface area (Å²) in [5.41, 5.74) is -2.65. The Balaban J connectivity index is 0. The molecule has 0 spiro atoms. The van der Waals surface area contributed by atoms with Gasteiger partial charge < -0.3 is 9.42 Å². The first-order valence-corrected chi connectivity index (χ1v) is 6.01. The monoisotopic (exact) mass is 205 g/mol. The van der Waals surface area contributed by atoms with Crippen molar-refractivity contribution in [2.45, 2.75) is 0 Å². The molecule has 0 N–H and O–H groups in total. The molecule has 0 aromatic heterocycles. The van der Waals surface area contributed by atoms with E-state index in [0.29, 0.717) is 0 Å². The summed E-state index contributed by atoms with van der Waals surface area (Å²) in [5, 5.41) is 0. The third kappa shape index (κ3) is 5.77. The largest absolute Gasteiger partial charge is 0.793 e.